The van der Waals surface area contributed by atoms with Crippen molar-refractivity contribution in [3.8, 4) is 5.69 Å². The molecule has 0 radical (unpaired) electrons. The Hall–Kier alpha value is -2.69. The van der Waals surface area contributed by atoms with Crippen LogP contribution in [0.1, 0.15) is 11.3 Å². The second-order valence-corrected chi connectivity index (χ2v) is 4.74. The number of nitrogens with zero attached hydrogens (tertiary/aromatic N) is 3. The molecule has 5 nitrogen and oxygen atoms in total. The molecule has 20 heavy (non-hydrogen) atoms. The summed E-state index contributed by atoms with van der Waals surface area (Å²) in [7, 11) is 0. The van der Waals surface area contributed by atoms with Crippen molar-refractivity contribution in [3.63, 3.8) is 0 Å². The number of rotatable bonds is 1. The van der Waals surface area contributed by atoms with Gasteiger partial charge in [-0.1, -0.05) is 6.07 Å². The minimum Gasteiger partial charge on any atom is -0.383 e. The molecule has 5 heteroatoms. The van der Waals surface area contributed by atoms with E-state index in [0.29, 0.717) is 0 Å². The molecule has 100 valence electrons. The predicted molar refractivity (Wildman–Crippen MR) is 79.0 cm³/mol. The lowest BCUT2D eigenvalue weighted by molar-refractivity contribution is 0.939. The molecule has 0 saturated heterocycles. The average molecular weight is 266 g/mol. The molecule has 0 unspecified atom stereocenters. The molecule has 0 fully saturated rings. The summed E-state index contributed by atoms with van der Waals surface area (Å²) in [5.74, 6) is 0.253. The van der Waals surface area contributed by atoms with E-state index in [2.05, 4.69) is 9.97 Å². The van der Waals surface area contributed by atoms with Gasteiger partial charge in [0.25, 0.3) is 0 Å². The molecular formula is C15H14N4O. The van der Waals surface area contributed by atoms with Crippen molar-refractivity contribution < 1.29 is 0 Å². The Balaban J connectivity index is 2.50. The van der Waals surface area contributed by atoms with Gasteiger partial charge < -0.3 is 5.73 Å². The van der Waals surface area contributed by atoms with Gasteiger partial charge >= 0.3 is 5.69 Å². The van der Waals surface area contributed by atoms with Gasteiger partial charge in [0.2, 0.25) is 0 Å². The number of benzene rings is 1. The third-order valence-electron chi connectivity index (χ3n) is 3.30. The molecule has 2 heterocycles. The molecule has 3 rings (SSSR count). The summed E-state index contributed by atoms with van der Waals surface area (Å²) >= 11 is 0. The lowest BCUT2D eigenvalue weighted by Gasteiger charge is -2.13. The predicted octanol–water partition coefficient (Wildman–Crippen LogP) is 1.98. The maximum Gasteiger partial charge on any atom is 0.354 e. The van der Waals surface area contributed by atoms with Crippen LogP contribution in [-0.4, -0.2) is 14.5 Å². The first-order valence-electron chi connectivity index (χ1n) is 6.29. The fraction of sp³-hybridized carbons (Fsp3) is 0.133. The third kappa shape index (κ3) is 1.84. The first-order chi connectivity index (χ1) is 9.58. The molecule has 0 aliphatic rings. The number of aryl methyl sites for hydroxylation is 2. The number of nitrogen functional groups attached to an aromatic ring is 1. The number of pyridine rings is 1. The summed E-state index contributed by atoms with van der Waals surface area (Å²) < 4.78 is 1.56. The second kappa shape index (κ2) is 4.45. The fourth-order valence-corrected chi connectivity index (χ4v) is 2.30. The highest BCUT2D eigenvalue weighted by Crippen LogP contribution is 2.22. The van der Waals surface area contributed by atoms with Crippen molar-refractivity contribution in [3.05, 3.63) is 58.3 Å². The van der Waals surface area contributed by atoms with Crippen molar-refractivity contribution in [1.29, 1.82) is 0 Å². The van der Waals surface area contributed by atoms with Crippen molar-refractivity contribution in [2.45, 2.75) is 13.8 Å². The van der Waals surface area contributed by atoms with E-state index in [4.69, 9.17) is 5.73 Å². The highest BCUT2D eigenvalue weighted by molar-refractivity contribution is 5.89. The summed E-state index contributed by atoms with van der Waals surface area (Å²) in [4.78, 5) is 20.4. The Morgan fingerprint density at radius 3 is 2.75 bits per heavy atom. The zero-order chi connectivity index (χ0) is 14.3. The van der Waals surface area contributed by atoms with Gasteiger partial charge in [-0.2, -0.15) is 4.98 Å². The molecule has 3 aromatic rings. The Bertz CT molecular complexity index is 867. The minimum atomic E-state index is -0.392. The van der Waals surface area contributed by atoms with E-state index in [0.717, 1.165) is 27.8 Å². The van der Waals surface area contributed by atoms with Gasteiger partial charge in [0.05, 0.1) is 16.9 Å². The molecule has 0 saturated carbocycles. The lowest BCUT2D eigenvalue weighted by atomic mass is 10.1. The van der Waals surface area contributed by atoms with Crippen LogP contribution in [0.5, 0.6) is 0 Å². The molecule has 2 aromatic heterocycles. The number of hydrogen-bond acceptors (Lipinski definition) is 4. The van der Waals surface area contributed by atoms with E-state index in [1.165, 1.54) is 0 Å². The van der Waals surface area contributed by atoms with Crippen LogP contribution in [0.4, 0.5) is 5.82 Å². The van der Waals surface area contributed by atoms with Crippen LogP contribution in [0.25, 0.3) is 16.6 Å². The molecular weight excluding hydrogens is 252 g/mol. The Morgan fingerprint density at radius 2 is 2.00 bits per heavy atom. The number of aromatic nitrogens is 3. The number of fused-ring (bicyclic) bond motifs is 1. The normalized spacial score (nSPS) is 10.9. The average Bonchev–Trinajstić information content (AvgIpc) is 2.40. The molecule has 2 N–H and O–H groups in total. The Labute approximate surface area is 115 Å². The van der Waals surface area contributed by atoms with Crippen LogP contribution < -0.4 is 11.4 Å². The SMILES string of the molecule is Cc1ccc2c(N)nc(=O)n(-c3cccnc3C)c2c1. The van der Waals surface area contributed by atoms with Gasteiger partial charge in [-0.3, -0.25) is 9.55 Å². The van der Waals surface area contributed by atoms with Gasteiger partial charge in [0, 0.05) is 11.6 Å². The summed E-state index contributed by atoms with van der Waals surface area (Å²) in [6.07, 6.45) is 1.70. The molecule has 0 amide bonds. The molecule has 0 bridgehead atoms. The number of hydrogen-bond donors (Lipinski definition) is 1. The van der Waals surface area contributed by atoms with E-state index in [-0.39, 0.29) is 5.82 Å². The zero-order valence-corrected chi connectivity index (χ0v) is 11.3. The van der Waals surface area contributed by atoms with E-state index in [9.17, 15) is 4.79 Å². The summed E-state index contributed by atoms with van der Waals surface area (Å²) in [5.41, 5.74) is 8.75. The van der Waals surface area contributed by atoms with Gasteiger partial charge in [-0.05, 0) is 43.7 Å². The van der Waals surface area contributed by atoms with E-state index >= 15 is 0 Å². The van der Waals surface area contributed by atoms with Crippen molar-refractivity contribution >= 4 is 16.7 Å². The van der Waals surface area contributed by atoms with Gasteiger partial charge in [-0.25, -0.2) is 4.79 Å². The topological polar surface area (TPSA) is 73.8 Å². The fourth-order valence-electron chi connectivity index (χ4n) is 2.30. The highest BCUT2D eigenvalue weighted by atomic mass is 16.1. The molecule has 0 aliphatic heterocycles. The summed E-state index contributed by atoms with van der Waals surface area (Å²) in [6.45, 7) is 3.83. The second-order valence-electron chi connectivity index (χ2n) is 4.74. The van der Waals surface area contributed by atoms with Gasteiger partial charge in [-0.15, -0.1) is 0 Å². The molecule has 0 atom stereocenters. The Kier molecular flexibility index (Phi) is 2.75. The standard InChI is InChI=1S/C15H14N4O/c1-9-5-6-11-13(8-9)19(15(20)18-14(11)16)12-4-3-7-17-10(12)2/h3-8H,1-2H3,(H2,16,18,20). The van der Waals surface area contributed by atoms with Crippen LogP contribution in [0, 0.1) is 13.8 Å². The zero-order valence-electron chi connectivity index (χ0n) is 11.3. The van der Waals surface area contributed by atoms with Crippen LogP contribution in [0.15, 0.2) is 41.3 Å². The van der Waals surface area contributed by atoms with Crippen molar-refractivity contribution in [2.24, 2.45) is 0 Å². The van der Waals surface area contributed by atoms with E-state index < -0.39 is 5.69 Å². The maximum atomic E-state index is 12.3. The molecule has 0 spiro atoms. The molecule has 0 aliphatic carbocycles. The molecule has 1 aromatic carbocycles. The summed E-state index contributed by atoms with van der Waals surface area (Å²) in [5, 5.41) is 0.762. The van der Waals surface area contributed by atoms with Crippen LogP contribution in [0.3, 0.4) is 0 Å². The monoisotopic (exact) mass is 266 g/mol. The summed E-state index contributed by atoms with van der Waals surface area (Å²) in [6, 6.07) is 9.41. The Morgan fingerprint density at radius 1 is 1.20 bits per heavy atom. The van der Waals surface area contributed by atoms with Crippen molar-refractivity contribution in [1.82, 2.24) is 14.5 Å². The highest BCUT2D eigenvalue weighted by Gasteiger charge is 2.12. The van der Waals surface area contributed by atoms with Crippen LogP contribution >= 0.6 is 0 Å². The third-order valence-corrected chi connectivity index (χ3v) is 3.30. The van der Waals surface area contributed by atoms with Crippen LogP contribution in [0.2, 0.25) is 0 Å². The number of nitrogens with two attached hydrogens (primary N) is 1. The van der Waals surface area contributed by atoms with Gasteiger partial charge in [0.15, 0.2) is 0 Å². The lowest BCUT2D eigenvalue weighted by Crippen LogP contribution is -2.24. The van der Waals surface area contributed by atoms with E-state index in [1.54, 1.807) is 16.8 Å². The minimum absolute atomic E-state index is 0.253. The van der Waals surface area contributed by atoms with Crippen LogP contribution in [-0.2, 0) is 0 Å². The van der Waals surface area contributed by atoms with Gasteiger partial charge in [0.1, 0.15) is 5.82 Å². The maximum absolute atomic E-state index is 12.3. The quantitative estimate of drug-likeness (QED) is 0.731. The largest absolute Gasteiger partial charge is 0.383 e. The first kappa shape index (κ1) is 12.3. The smallest absolute Gasteiger partial charge is 0.354 e. The van der Waals surface area contributed by atoms with E-state index in [1.807, 2.05) is 38.1 Å². The first-order valence-corrected chi connectivity index (χ1v) is 6.29. The number of anilines is 1. The van der Waals surface area contributed by atoms with Crippen molar-refractivity contribution in [2.75, 3.05) is 5.73 Å².